The lowest BCUT2D eigenvalue weighted by molar-refractivity contribution is -0.122. The molecule has 2 aromatic carbocycles. The average molecular weight is 463 g/mol. The van der Waals surface area contributed by atoms with Crippen LogP contribution in [-0.4, -0.2) is 36.5 Å². The zero-order valence-electron chi connectivity index (χ0n) is 19.1. The number of piperidine rings is 1. The third-order valence-corrected chi connectivity index (χ3v) is 7.04. The Labute approximate surface area is 199 Å². The topological polar surface area (TPSA) is 58.6 Å². The third kappa shape index (κ3) is 5.52. The number of anilines is 1. The molecular weight excluding hydrogens is 432 g/mol. The van der Waals surface area contributed by atoms with Crippen molar-refractivity contribution < 1.29 is 14.3 Å². The molecule has 1 amide bonds. The van der Waals surface area contributed by atoms with E-state index in [1.54, 1.807) is 6.92 Å². The van der Waals surface area contributed by atoms with Gasteiger partial charge in [0.25, 0.3) is 0 Å². The summed E-state index contributed by atoms with van der Waals surface area (Å²) in [7, 11) is 0. The average Bonchev–Trinajstić information content (AvgIpc) is 3.24. The first-order valence-corrected chi connectivity index (χ1v) is 12.3. The summed E-state index contributed by atoms with van der Waals surface area (Å²) in [5.41, 5.74) is 2.35. The van der Waals surface area contributed by atoms with Crippen LogP contribution in [0.2, 0.25) is 0 Å². The first-order chi connectivity index (χ1) is 16.1. The van der Waals surface area contributed by atoms with Gasteiger partial charge < -0.3 is 10.1 Å². The molecule has 1 aliphatic rings. The summed E-state index contributed by atoms with van der Waals surface area (Å²) in [4.78, 5) is 29.6. The molecule has 0 bridgehead atoms. The Morgan fingerprint density at radius 3 is 2.48 bits per heavy atom. The fourth-order valence-electron chi connectivity index (χ4n) is 4.39. The number of ether oxygens (including phenoxy) is 1. The number of amides is 1. The predicted octanol–water partition coefficient (Wildman–Crippen LogP) is 6.00. The number of thiophene rings is 1. The van der Waals surface area contributed by atoms with Gasteiger partial charge in [-0.15, -0.1) is 11.3 Å². The highest BCUT2D eigenvalue weighted by Gasteiger charge is 2.32. The zero-order valence-corrected chi connectivity index (χ0v) is 19.9. The second-order valence-electron chi connectivity index (χ2n) is 8.48. The van der Waals surface area contributed by atoms with Crippen molar-refractivity contribution in [3.63, 3.8) is 0 Å². The van der Waals surface area contributed by atoms with E-state index in [-0.39, 0.29) is 12.5 Å². The van der Waals surface area contributed by atoms with E-state index in [0.717, 1.165) is 35.5 Å². The number of esters is 1. The maximum atomic E-state index is 13.7. The standard InChI is InChI=1S/C27H30N2O3S/c1-3-32-27(31)22-17-23(20-12-6-4-7-13-20)33-26(22)28-25(30)24(21-14-8-5-9-15-21)29-16-10-11-19(2)18-29/h4-9,12-15,17,19,24H,3,10-11,16,18H2,1-2H3,(H,28,30). The molecule has 1 fully saturated rings. The van der Waals surface area contributed by atoms with E-state index in [1.165, 1.54) is 17.8 Å². The zero-order chi connectivity index (χ0) is 23.2. The number of carbonyl (C=O) groups excluding carboxylic acids is 2. The molecule has 33 heavy (non-hydrogen) atoms. The van der Waals surface area contributed by atoms with Crippen molar-refractivity contribution in [1.82, 2.24) is 4.90 Å². The summed E-state index contributed by atoms with van der Waals surface area (Å²) in [6.07, 6.45) is 2.25. The van der Waals surface area contributed by atoms with Crippen molar-refractivity contribution in [2.24, 2.45) is 5.92 Å². The van der Waals surface area contributed by atoms with Gasteiger partial charge in [-0.25, -0.2) is 4.79 Å². The summed E-state index contributed by atoms with van der Waals surface area (Å²) < 4.78 is 5.28. The fourth-order valence-corrected chi connectivity index (χ4v) is 5.45. The Bertz CT molecular complexity index is 1080. The van der Waals surface area contributed by atoms with Crippen molar-refractivity contribution in [3.05, 3.63) is 77.9 Å². The number of nitrogens with zero attached hydrogens (tertiary/aromatic N) is 1. The highest BCUT2D eigenvalue weighted by atomic mass is 32.1. The van der Waals surface area contributed by atoms with Crippen LogP contribution >= 0.6 is 11.3 Å². The highest BCUT2D eigenvalue weighted by Crippen LogP contribution is 2.37. The van der Waals surface area contributed by atoms with Crippen molar-refractivity contribution in [3.8, 4) is 10.4 Å². The lowest BCUT2D eigenvalue weighted by Crippen LogP contribution is -2.42. The molecule has 1 N–H and O–H groups in total. The Hall–Kier alpha value is -2.96. The van der Waals surface area contributed by atoms with E-state index in [2.05, 4.69) is 17.1 Å². The van der Waals surface area contributed by atoms with E-state index < -0.39 is 12.0 Å². The van der Waals surface area contributed by atoms with Gasteiger partial charge in [-0.2, -0.15) is 0 Å². The molecule has 1 saturated heterocycles. The molecule has 0 spiro atoms. The van der Waals surface area contributed by atoms with E-state index in [4.69, 9.17) is 4.74 Å². The summed E-state index contributed by atoms with van der Waals surface area (Å²) in [6, 6.07) is 21.2. The van der Waals surface area contributed by atoms with Crippen LogP contribution in [0.1, 0.15) is 48.7 Å². The van der Waals surface area contributed by atoms with Crippen LogP contribution in [0.5, 0.6) is 0 Å². The molecule has 172 valence electrons. The van der Waals surface area contributed by atoms with E-state index in [1.807, 2.05) is 66.7 Å². The quantitative estimate of drug-likeness (QED) is 0.437. The van der Waals surface area contributed by atoms with Crippen LogP contribution in [0.15, 0.2) is 66.7 Å². The molecular formula is C27H30N2O3S. The molecule has 2 unspecified atom stereocenters. The smallest absolute Gasteiger partial charge is 0.341 e. The Kier molecular flexibility index (Phi) is 7.57. The van der Waals surface area contributed by atoms with Gasteiger partial charge in [-0.3, -0.25) is 9.69 Å². The first-order valence-electron chi connectivity index (χ1n) is 11.5. The Morgan fingerprint density at radius 1 is 1.12 bits per heavy atom. The van der Waals surface area contributed by atoms with Gasteiger partial charge in [0.15, 0.2) is 0 Å². The molecule has 4 rings (SSSR count). The van der Waals surface area contributed by atoms with Gasteiger partial charge in [0.1, 0.15) is 11.0 Å². The second-order valence-corrected chi connectivity index (χ2v) is 9.54. The lowest BCUT2D eigenvalue weighted by Gasteiger charge is -2.36. The fraction of sp³-hybridized carbons (Fsp3) is 0.333. The van der Waals surface area contributed by atoms with Crippen molar-refractivity contribution in [2.75, 3.05) is 25.0 Å². The molecule has 2 heterocycles. The van der Waals surface area contributed by atoms with Gasteiger partial charge in [0.2, 0.25) is 5.91 Å². The van der Waals surface area contributed by atoms with Crippen LogP contribution < -0.4 is 5.32 Å². The highest BCUT2D eigenvalue weighted by molar-refractivity contribution is 7.20. The largest absolute Gasteiger partial charge is 0.462 e. The van der Waals surface area contributed by atoms with Gasteiger partial charge >= 0.3 is 5.97 Å². The van der Waals surface area contributed by atoms with Crippen LogP contribution in [0.25, 0.3) is 10.4 Å². The predicted molar refractivity (Wildman–Crippen MR) is 133 cm³/mol. The summed E-state index contributed by atoms with van der Waals surface area (Å²) in [5, 5.41) is 3.62. The van der Waals surface area contributed by atoms with Gasteiger partial charge in [-0.1, -0.05) is 67.6 Å². The number of hydrogen-bond donors (Lipinski definition) is 1. The molecule has 6 heteroatoms. The summed E-state index contributed by atoms with van der Waals surface area (Å²) in [6.45, 7) is 6.04. The minimum atomic E-state index is -0.422. The summed E-state index contributed by atoms with van der Waals surface area (Å²) >= 11 is 1.40. The molecule has 0 aliphatic carbocycles. The van der Waals surface area contributed by atoms with E-state index >= 15 is 0 Å². The number of nitrogens with one attached hydrogen (secondary N) is 1. The first kappa shape index (κ1) is 23.2. The molecule has 1 aromatic heterocycles. The van der Waals surface area contributed by atoms with Crippen molar-refractivity contribution in [1.29, 1.82) is 0 Å². The molecule has 5 nitrogen and oxygen atoms in total. The van der Waals surface area contributed by atoms with Crippen LogP contribution in [-0.2, 0) is 9.53 Å². The molecule has 2 atom stereocenters. The van der Waals surface area contributed by atoms with Crippen LogP contribution in [0.3, 0.4) is 0 Å². The number of likely N-dealkylation sites (tertiary alicyclic amines) is 1. The number of rotatable bonds is 7. The summed E-state index contributed by atoms with van der Waals surface area (Å²) in [5.74, 6) is -0.00401. The maximum Gasteiger partial charge on any atom is 0.341 e. The normalized spacial score (nSPS) is 17.3. The minimum absolute atomic E-state index is 0.123. The maximum absolute atomic E-state index is 13.7. The molecule has 0 saturated carbocycles. The number of hydrogen-bond acceptors (Lipinski definition) is 5. The van der Waals surface area contributed by atoms with E-state index in [9.17, 15) is 9.59 Å². The van der Waals surface area contributed by atoms with Crippen LogP contribution in [0.4, 0.5) is 5.00 Å². The number of carbonyl (C=O) groups is 2. The van der Waals surface area contributed by atoms with Gasteiger partial charge in [-0.05, 0) is 49.4 Å². The van der Waals surface area contributed by atoms with Crippen molar-refractivity contribution >= 4 is 28.2 Å². The molecule has 3 aromatic rings. The van der Waals surface area contributed by atoms with E-state index in [0.29, 0.717) is 16.5 Å². The Balaban J connectivity index is 1.67. The SMILES string of the molecule is CCOC(=O)c1cc(-c2ccccc2)sc1NC(=O)C(c1ccccc1)N1CCCC(C)C1. The third-order valence-electron chi connectivity index (χ3n) is 5.94. The van der Waals surface area contributed by atoms with Crippen molar-refractivity contribution in [2.45, 2.75) is 32.7 Å². The van der Waals surface area contributed by atoms with Gasteiger partial charge in [0.05, 0.1) is 12.2 Å². The molecule has 0 radical (unpaired) electrons. The number of benzene rings is 2. The van der Waals surface area contributed by atoms with Gasteiger partial charge in [0, 0.05) is 11.4 Å². The molecule has 1 aliphatic heterocycles. The Morgan fingerprint density at radius 2 is 1.82 bits per heavy atom. The monoisotopic (exact) mass is 462 g/mol. The minimum Gasteiger partial charge on any atom is -0.462 e. The second kappa shape index (κ2) is 10.8. The lowest BCUT2D eigenvalue weighted by atomic mass is 9.95. The van der Waals surface area contributed by atoms with Crippen LogP contribution in [0, 0.1) is 5.92 Å².